The molecule has 0 spiro atoms. The summed E-state index contributed by atoms with van der Waals surface area (Å²) in [6.07, 6.45) is 9.68. The standard InChI is InChI=1S/C32H50N2O3/c1-23(2)18-24(3)15-16-27(19-25-12-9-8-10-13-25)30(36)33-17-11-14-28(33)29(35)20-26-21-31(4,5)34(37)32(6,7)22-26/h8-10,12-13,15-16,23-24,26-28,37H,11,14,17-22H2,1-7H3/b16-15+/t24-,27-,28-/m1/s1. The van der Waals surface area contributed by atoms with Crippen molar-refractivity contribution in [2.45, 2.75) is 111 Å². The molecule has 206 valence electrons. The SMILES string of the molecule is CC(C)C[C@H](C)/C=C/[C@H](Cc1ccccc1)C(=O)N1CCC[C@@H]1C(=O)CC1CC(C)(C)N(O)C(C)(C)C1. The molecule has 0 aromatic heterocycles. The Morgan fingerprint density at radius 2 is 1.65 bits per heavy atom. The summed E-state index contributed by atoms with van der Waals surface area (Å²) in [6, 6.07) is 9.87. The van der Waals surface area contributed by atoms with Crippen LogP contribution in [0.4, 0.5) is 0 Å². The van der Waals surface area contributed by atoms with E-state index in [1.54, 1.807) is 0 Å². The van der Waals surface area contributed by atoms with Crippen LogP contribution in [0.1, 0.15) is 92.6 Å². The van der Waals surface area contributed by atoms with E-state index in [0.717, 1.165) is 37.7 Å². The first-order valence-corrected chi connectivity index (χ1v) is 14.3. The first kappa shape index (κ1) is 29.6. The predicted molar refractivity (Wildman–Crippen MR) is 150 cm³/mol. The summed E-state index contributed by atoms with van der Waals surface area (Å²) in [7, 11) is 0. The van der Waals surface area contributed by atoms with Crippen LogP contribution in [0.5, 0.6) is 0 Å². The van der Waals surface area contributed by atoms with Gasteiger partial charge in [0.15, 0.2) is 5.78 Å². The van der Waals surface area contributed by atoms with Gasteiger partial charge in [0.1, 0.15) is 0 Å². The van der Waals surface area contributed by atoms with Crippen molar-refractivity contribution >= 4 is 11.7 Å². The summed E-state index contributed by atoms with van der Waals surface area (Å²) >= 11 is 0. The zero-order chi connectivity index (χ0) is 27.4. The number of nitrogens with zero attached hydrogens (tertiary/aromatic N) is 2. The largest absolute Gasteiger partial charge is 0.332 e. The molecule has 0 saturated carbocycles. The van der Waals surface area contributed by atoms with Crippen LogP contribution >= 0.6 is 0 Å². The number of hydrogen-bond acceptors (Lipinski definition) is 4. The Kier molecular flexibility index (Phi) is 9.79. The lowest BCUT2D eigenvalue weighted by Gasteiger charge is -2.51. The van der Waals surface area contributed by atoms with E-state index in [9.17, 15) is 14.8 Å². The van der Waals surface area contributed by atoms with E-state index in [1.165, 1.54) is 5.06 Å². The molecule has 2 fully saturated rings. The smallest absolute Gasteiger partial charge is 0.230 e. The van der Waals surface area contributed by atoms with Crippen LogP contribution in [0.2, 0.25) is 0 Å². The second-order valence-corrected chi connectivity index (χ2v) is 13.4. The molecule has 0 unspecified atom stereocenters. The molecule has 0 bridgehead atoms. The van der Waals surface area contributed by atoms with Crippen LogP contribution in [0.25, 0.3) is 0 Å². The molecule has 2 aliphatic heterocycles. The van der Waals surface area contributed by atoms with Crippen molar-refractivity contribution in [3.05, 3.63) is 48.0 Å². The summed E-state index contributed by atoms with van der Waals surface area (Å²) in [5, 5.41) is 12.1. The van der Waals surface area contributed by atoms with Gasteiger partial charge in [-0.15, -0.1) is 0 Å². The maximum Gasteiger partial charge on any atom is 0.230 e. The highest BCUT2D eigenvalue weighted by Gasteiger charge is 2.46. The molecule has 5 nitrogen and oxygen atoms in total. The van der Waals surface area contributed by atoms with Gasteiger partial charge in [-0.25, -0.2) is 0 Å². The Morgan fingerprint density at radius 3 is 2.24 bits per heavy atom. The summed E-state index contributed by atoms with van der Waals surface area (Å²) in [5.74, 6) is 1.22. The number of rotatable bonds is 10. The maximum absolute atomic E-state index is 13.9. The maximum atomic E-state index is 13.9. The van der Waals surface area contributed by atoms with Crippen molar-refractivity contribution in [3.63, 3.8) is 0 Å². The third kappa shape index (κ3) is 7.77. The molecular formula is C32H50N2O3. The number of ketones is 1. The van der Waals surface area contributed by atoms with Gasteiger partial charge in [-0.05, 0) is 89.5 Å². The van der Waals surface area contributed by atoms with E-state index in [1.807, 2.05) is 50.8 Å². The van der Waals surface area contributed by atoms with Gasteiger partial charge in [0, 0.05) is 24.0 Å². The van der Waals surface area contributed by atoms with Crippen LogP contribution in [0, 0.1) is 23.7 Å². The van der Waals surface area contributed by atoms with Crippen molar-refractivity contribution < 1.29 is 14.8 Å². The number of amides is 1. The van der Waals surface area contributed by atoms with Gasteiger partial charge < -0.3 is 10.1 Å². The van der Waals surface area contributed by atoms with Crippen LogP contribution in [0.3, 0.4) is 0 Å². The summed E-state index contributed by atoms with van der Waals surface area (Å²) in [6.45, 7) is 15.5. The highest BCUT2D eigenvalue weighted by atomic mass is 16.5. The third-order valence-electron chi connectivity index (χ3n) is 8.25. The van der Waals surface area contributed by atoms with Crippen molar-refractivity contribution in [1.82, 2.24) is 9.96 Å². The Bertz CT molecular complexity index is 919. The van der Waals surface area contributed by atoms with Crippen molar-refractivity contribution in [1.29, 1.82) is 0 Å². The minimum absolute atomic E-state index is 0.0820. The number of allylic oxidation sites excluding steroid dienone is 1. The fourth-order valence-electron chi connectivity index (χ4n) is 6.87. The fraction of sp³-hybridized carbons (Fsp3) is 0.688. The van der Waals surface area contributed by atoms with E-state index in [2.05, 4.69) is 45.1 Å². The van der Waals surface area contributed by atoms with Gasteiger partial charge in [0.2, 0.25) is 5.91 Å². The third-order valence-corrected chi connectivity index (χ3v) is 8.25. The molecule has 5 heteroatoms. The first-order valence-electron chi connectivity index (χ1n) is 14.3. The van der Waals surface area contributed by atoms with E-state index < -0.39 is 0 Å². The van der Waals surface area contributed by atoms with Gasteiger partial charge >= 0.3 is 0 Å². The lowest BCUT2D eigenvalue weighted by atomic mass is 9.73. The van der Waals surface area contributed by atoms with Gasteiger partial charge in [0.05, 0.1) is 12.0 Å². The summed E-state index contributed by atoms with van der Waals surface area (Å²) in [5.41, 5.74) is 0.385. The molecule has 1 aromatic rings. The normalized spacial score (nSPS) is 24.0. The topological polar surface area (TPSA) is 60.9 Å². The number of carbonyl (C=O) groups excluding carboxylic acids is 2. The monoisotopic (exact) mass is 510 g/mol. The highest BCUT2D eigenvalue weighted by molar-refractivity contribution is 5.91. The van der Waals surface area contributed by atoms with Crippen LogP contribution in [0.15, 0.2) is 42.5 Å². The summed E-state index contributed by atoms with van der Waals surface area (Å²) < 4.78 is 0. The minimum atomic E-state index is -0.379. The zero-order valence-corrected chi connectivity index (χ0v) is 24.2. The van der Waals surface area contributed by atoms with E-state index in [-0.39, 0.29) is 40.6 Å². The van der Waals surface area contributed by atoms with Crippen molar-refractivity contribution in [3.8, 4) is 0 Å². The second kappa shape index (κ2) is 12.3. The molecule has 0 radical (unpaired) electrons. The number of piperidine rings is 1. The number of carbonyl (C=O) groups is 2. The Morgan fingerprint density at radius 1 is 1.03 bits per heavy atom. The zero-order valence-electron chi connectivity index (χ0n) is 24.2. The number of benzene rings is 1. The van der Waals surface area contributed by atoms with Crippen LogP contribution in [-0.4, -0.2) is 50.5 Å². The number of likely N-dealkylation sites (tertiary alicyclic amines) is 1. The summed E-state index contributed by atoms with van der Waals surface area (Å²) in [4.78, 5) is 29.4. The minimum Gasteiger partial charge on any atom is -0.332 e. The van der Waals surface area contributed by atoms with Crippen LogP contribution in [-0.2, 0) is 16.0 Å². The van der Waals surface area contributed by atoms with Crippen molar-refractivity contribution in [2.24, 2.45) is 23.7 Å². The van der Waals surface area contributed by atoms with Crippen molar-refractivity contribution in [2.75, 3.05) is 6.54 Å². The average Bonchev–Trinajstić information content (AvgIpc) is 3.30. The Balaban J connectivity index is 1.74. The molecule has 1 N–H and O–H groups in total. The molecule has 2 heterocycles. The van der Waals surface area contributed by atoms with Gasteiger partial charge in [0.25, 0.3) is 0 Å². The van der Waals surface area contributed by atoms with E-state index in [4.69, 9.17) is 0 Å². The Hall–Kier alpha value is -1.98. The van der Waals surface area contributed by atoms with Gasteiger partial charge in [-0.1, -0.05) is 63.3 Å². The highest BCUT2D eigenvalue weighted by Crippen LogP contribution is 2.41. The number of hydrogen-bond donors (Lipinski definition) is 1. The van der Waals surface area contributed by atoms with E-state index in [0.29, 0.717) is 31.2 Å². The fourth-order valence-corrected chi connectivity index (χ4v) is 6.87. The molecule has 1 aromatic carbocycles. The Labute approximate surface area is 225 Å². The molecule has 2 aliphatic rings. The molecule has 37 heavy (non-hydrogen) atoms. The molecule has 3 atom stereocenters. The molecule has 1 amide bonds. The number of hydroxylamine groups is 2. The molecule has 3 rings (SSSR count). The average molecular weight is 511 g/mol. The van der Waals surface area contributed by atoms with Gasteiger partial charge in [-0.2, -0.15) is 5.06 Å². The molecular weight excluding hydrogens is 460 g/mol. The number of Topliss-reactive ketones (excluding diaryl/α,β-unsaturated/α-hetero) is 1. The van der Waals surface area contributed by atoms with Crippen LogP contribution < -0.4 is 0 Å². The lowest BCUT2D eigenvalue weighted by molar-refractivity contribution is -0.251. The van der Waals surface area contributed by atoms with E-state index >= 15 is 0 Å². The van der Waals surface area contributed by atoms with Gasteiger partial charge in [-0.3, -0.25) is 9.59 Å². The molecule has 2 saturated heterocycles. The predicted octanol–water partition coefficient (Wildman–Crippen LogP) is 6.69. The molecule has 0 aliphatic carbocycles. The first-order chi connectivity index (χ1) is 17.3. The second-order valence-electron chi connectivity index (χ2n) is 13.4. The lowest BCUT2D eigenvalue weighted by Crippen LogP contribution is -2.59. The quantitative estimate of drug-likeness (QED) is 0.356.